The van der Waals surface area contributed by atoms with E-state index in [1.807, 2.05) is 18.2 Å². The number of aryl methyl sites for hydroxylation is 2. The van der Waals surface area contributed by atoms with Gasteiger partial charge in [-0.2, -0.15) is 0 Å². The number of hydrogen-bond donors (Lipinski definition) is 2. The zero-order chi connectivity index (χ0) is 15.8. The molecule has 1 amide bonds. The van der Waals surface area contributed by atoms with Crippen molar-refractivity contribution in [3.8, 4) is 0 Å². The highest BCUT2D eigenvalue weighted by Gasteiger charge is 2.12. The van der Waals surface area contributed by atoms with Crippen molar-refractivity contribution in [3.05, 3.63) is 29.3 Å². The van der Waals surface area contributed by atoms with Crippen molar-refractivity contribution in [1.29, 1.82) is 0 Å². The molecule has 0 bridgehead atoms. The van der Waals surface area contributed by atoms with Crippen molar-refractivity contribution in [1.82, 2.24) is 4.90 Å². The summed E-state index contributed by atoms with van der Waals surface area (Å²) < 4.78 is 0. The Balaban J connectivity index is 0.00000441. The predicted molar refractivity (Wildman–Crippen MR) is 90.8 cm³/mol. The molecule has 5 nitrogen and oxygen atoms in total. The van der Waals surface area contributed by atoms with E-state index in [2.05, 4.69) is 19.2 Å². The summed E-state index contributed by atoms with van der Waals surface area (Å²) in [7, 11) is 1.75. The highest BCUT2D eigenvalue weighted by Crippen LogP contribution is 2.22. The lowest BCUT2D eigenvalue weighted by Crippen LogP contribution is -2.32. The van der Waals surface area contributed by atoms with Crippen LogP contribution in [-0.4, -0.2) is 42.0 Å². The van der Waals surface area contributed by atoms with E-state index in [-0.39, 0.29) is 31.3 Å². The van der Waals surface area contributed by atoms with Gasteiger partial charge >= 0.3 is 5.97 Å². The van der Waals surface area contributed by atoms with Gasteiger partial charge in [0.2, 0.25) is 5.91 Å². The number of carbonyl (C=O) groups excluding carboxylic acids is 1. The number of hydrogen-bond acceptors (Lipinski definition) is 3. The molecule has 6 heteroatoms. The Morgan fingerprint density at radius 3 is 2.18 bits per heavy atom. The highest BCUT2D eigenvalue weighted by molar-refractivity contribution is 5.93. The molecule has 0 radical (unpaired) electrons. The molecule has 22 heavy (non-hydrogen) atoms. The van der Waals surface area contributed by atoms with Crippen LogP contribution in [0.4, 0.5) is 5.69 Å². The van der Waals surface area contributed by atoms with Crippen LogP contribution < -0.4 is 5.32 Å². The number of nitrogens with one attached hydrogen (secondary N) is 1. The topological polar surface area (TPSA) is 69.6 Å². The van der Waals surface area contributed by atoms with Crippen molar-refractivity contribution in [3.63, 3.8) is 0 Å². The van der Waals surface area contributed by atoms with Crippen LogP contribution in [0.2, 0.25) is 0 Å². The van der Waals surface area contributed by atoms with Gasteiger partial charge < -0.3 is 10.4 Å². The van der Waals surface area contributed by atoms with Gasteiger partial charge in [-0.25, -0.2) is 0 Å². The summed E-state index contributed by atoms with van der Waals surface area (Å²) in [5.74, 6) is -0.967. The number of nitrogens with zero attached hydrogens (tertiary/aromatic N) is 1. The summed E-state index contributed by atoms with van der Waals surface area (Å²) in [5.41, 5.74) is 3.14. The fourth-order valence-electron chi connectivity index (χ4n) is 2.19. The number of benzene rings is 1. The van der Waals surface area contributed by atoms with Gasteiger partial charge in [0.1, 0.15) is 0 Å². The minimum atomic E-state index is -0.855. The van der Waals surface area contributed by atoms with Crippen molar-refractivity contribution in [2.24, 2.45) is 0 Å². The van der Waals surface area contributed by atoms with E-state index in [1.165, 1.54) is 0 Å². The van der Waals surface area contributed by atoms with Crippen LogP contribution in [0.5, 0.6) is 0 Å². The smallest absolute Gasteiger partial charge is 0.304 e. The van der Waals surface area contributed by atoms with Gasteiger partial charge in [-0.05, 0) is 31.0 Å². The molecule has 0 spiro atoms. The third-order valence-corrected chi connectivity index (χ3v) is 3.38. The van der Waals surface area contributed by atoms with Crippen LogP contribution >= 0.6 is 12.4 Å². The van der Waals surface area contributed by atoms with Gasteiger partial charge in [0, 0.05) is 12.2 Å². The number of rotatable bonds is 8. The number of para-hydroxylation sites is 1. The number of carboxylic acid groups (broad SMARTS) is 1. The SMILES string of the molecule is CCc1cccc(CC)c1NC(=O)CN(C)CCC(=O)O.Cl. The van der Waals surface area contributed by atoms with Crippen LogP contribution in [0.15, 0.2) is 18.2 Å². The Kier molecular flexibility index (Phi) is 9.45. The quantitative estimate of drug-likeness (QED) is 0.769. The fourth-order valence-corrected chi connectivity index (χ4v) is 2.19. The molecule has 1 rings (SSSR count). The van der Waals surface area contributed by atoms with Crippen LogP contribution in [0.3, 0.4) is 0 Å². The molecular formula is C16H25ClN2O3. The van der Waals surface area contributed by atoms with E-state index in [1.54, 1.807) is 11.9 Å². The van der Waals surface area contributed by atoms with Crippen molar-refractivity contribution in [2.75, 3.05) is 25.5 Å². The Labute approximate surface area is 138 Å². The maximum absolute atomic E-state index is 12.1. The largest absolute Gasteiger partial charge is 0.481 e. The van der Waals surface area contributed by atoms with Crippen molar-refractivity contribution < 1.29 is 14.7 Å². The second kappa shape index (κ2) is 10.2. The molecular weight excluding hydrogens is 304 g/mol. The Morgan fingerprint density at radius 2 is 1.73 bits per heavy atom. The first-order valence-electron chi connectivity index (χ1n) is 7.28. The van der Waals surface area contributed by atoms with Crippen molar-refractivity contribution >= 4 is 30.0 Å². The molecule has 2 N–H and O–H groups in total. The van der Waals surface area contributed by atoms with Crippen molar-refractivity contribution in [2.45, 2.75) is 33.1 Å². The minimum Gasteiger partial charge on any atom is -0.481 e. The lowest BCUT2D eigenvalue weighted by atomic mass is 10.0. The zero-order valence-corrected chi connectivity index (χ0v) is 14.2. The van der Waals surface area contributed by atoms with Gasteiger partial charge in [0.15, 0.2) is 0 Å². The Bertz CT molecular complexity index is 484. The number of likely N-dealkylation sites (N-methyl/N-ethyl adjacent to an activating group) is 1. The first-order chi connectivity index (χ1) is 9.97. The molecule has 0 heterocycles. The molecule has 0 saturated carbocycles. The summed E-state index contributed by atoms with van der Waals surface area (Å²) in [5, 5.41) is 11.6. The first kappa shape index (κ1) is 20.4. The fraction of sp³-hybridized carbons (Fsp3) is 0.500. The average Bonchev–Trinajstić information content (AvgIpc) is 2.45. The molecule has 0 fully saturated rings. The van der Waals surface area contributed by atoms with Gasteiger partial charge in [-0.15, -0.1) is 12.4 Å². The molecule has 0 aliphatic carbocycles. The standard InChI is InChI=1S/C16H24N2O3.ClH/c1-4-12-7-6-8-13(5-2)16(12)17-14(19)11-18(3)10-9-15(20)21;/h6-8H,4-5,9-11H2,1-3H3,(H,17,19)(H,20,21);1H. The first-order valence-corrected chi connectivity index (χ1v) is 7.28. The van der Waals surface area contributed by atoms with Gasteiger partial charge in [0.05, 0.1) is 13.0 Å². The molecule has 0 aliphatic heterocycles. The van der Waals surface area contributed by atoms with E-state index in [4.69, 9.17) is 5.11 Å². The number of carbonyl (C=O) groups is 2. The van der Waals surface area contributed by atoms with Crippen LogP contribution in [0.1, 0.15) is 31.4 Å². The van der Waals surface area contributed by atoms with E-state index >= 15 is 0 Å². The lowest BCUT2D eigenvalue weighted by Gasteiger charge is -2.18. The maximum Gasteiger partial charge on any atom is 0.304 e. The number of aliphatic carboxylic acids is 1. The molecule has 0 aliphatic rings. The molecule has 124 valence electrons. The molecule has 1 aromatic carbocycles. The third kappa shape index (κ3) is 6.45. The lowest BCUT2D eigenvalue weighted by molar-refractivity contribution is -0.137. The maximum atomic E-state index is 12.1. The summed E-state index contributed by atoms with van der Waals surface area (Å²) in [6.07, 6.45) is 1.76. The second-order valence-corrected chi connectivity index (χ2v) is 5.09. The third-order valence-electron chi connectivity index (χ3n) is 3.38. The van der Waals surface area contributed by atoms with E-state index < -0.39 is 5.97 Å². The molecule has 0 unspecified atom stereocenters. The summed E-state index contributed by atoms with van der Waals surface area (Å²) in [6.45, 7) is 4.67. The predicted octanol–water partition coefficient (Wildman–Crippen LogP) is 2.58. The Hall–Kier alpha value is -1.59. The number of halogens is 1. The van der Waals surface area contributed by atoms with E-state index in [0.717, 1.165) is 29.7 Å². The summed E-state index contributed by atoms with van der Waals surface area (Å²) in [4.78, 5) is 24.3. The van der Waals surface area contributed by atoms with Crippen LogP contribution in [0, 0.1) is 0 Å². The molecule has 0 aromatic heterocycles. The zero-order valence-electron chi connectivity index (χ0n) is 13.4. The molecule has 1 aromatic rings. The minimum absolute atomic E-state index is 0. The van der Waals surface area contributed by atoms with Gasteiger partial charge in [0.25, 0.3) is 0 Å². The average molecular weight is 329 g/mol. The highest BCUT2D eigenvalue weighted by atomic mass is 35.5. The molecule has 0 atom stereocenters. The number of amides is 1. The van der Waals surface area contributed by atoms with E-state index in [0.29, 0.717) is 6.54 Å². The molecule has 0 saturated heterocycles. The normalized spacial score (nSPS) is 10.2. The van der Waals surface area contributed by atoms with E-state index in [9.17, 15) is 9.59 Å². The van der Waals surface area contributed by atoms with Gasteiger partial charge in [-0.1, -0.05) is 32.0 Å². The number of carboxylic acids is 1. The Morgan fingerprint density at radius 1 is 1.18 bits per heavy atom. The summed E-state index contributed by atoms with van der Waals surface area (Å²) in [6, 6.07) is 6.04. The van der Waals surface area contributed by atoms with Crippen LogP contribution in [0.25, 0.3) is 0 Å². The summed E-state index contributed by atoms with van der Waals surface area (Å²) >= 11 is 0. The number of anilines is 1. The second-order valence-electron chi connectivity index (χ2n) is 5.09. The van der Waals surface area contributed by atoms with Gasteiger partial charge in [-0.3, -0.25) is 14.5 Å². The van der Waals surface area contributed by atoms with Crippen LogP contribution in [-0.2, 0) is 22.4 Å². The monoisotopic (exact) mass is 328 g/mol.